The molecular weight excluding hydrogens is 238 g/mol. The molecule has 0 radical (unpaired) electrons. The van der Waals surface area contributed by atoms with E-state index in [9.17, 15) is 20.1 Å². The SMILES string of the molecule is CC(=O)N[C@H]1C(O)O[C@H](CO)[C@@](O)(S)[C@@H]1O. The van der Waals surface area contributed by atoms with Gasteiger partial charge in [0.25, 0.3) is 0 Å². The summed E-state index contributed by atoms with van der Waals surface area (Å²) in [7, 11) is 0. The quantitative estimate of drug-likeness (QED) is 0.233. The van der Waals surface area contributed by atoms with Crippen molar-refractivity contribution >= 4 is 18.5 Å². The first-order valence-corrected chi connectivity index (χ1v) is 5.09. The van der Waals surface area contributed by atoms with E-state index in [1.54, 1.807) is 0 Å². The van der Waals surface area contributed by atoms with Gasteiger partial charge in [-0.25, -0.2) is 0 Å². The van der Waals surface area contributed by atoms with E-state index in [2.05, 4.69) is 17.9 Å². The minimum Gasteiger partial charge on any atom is -0.394 e. The lowest BCUT2D eigenvalue weighted by Crippen LogP contribution is -2.68. The summed E-state index contributed by atoms with van der Waals surface area (Å²) in [5.74, 6) is -0.502. The molecule has 0 saturated carbocycles. The van der Waals surface area contributed by atoms with E-state index in [1.165, 1.54) is 6.92 Å². The Morgan fingerprint density at radius 2 is 2.12 bits per heavy atom. The fourth-order valence-corrected chi connectivity index (χ4v) is 1.83. The highest BCUT2D eigenvalue weighted by atomic mass is 32.1. The Kier molecular flexibility index (Phi) is 4.16. The molecule has 0 aromatic rings. The van der Waals surface area contributed by atoms with E-state index >= 15 is 0 Å². The summed E-state index contributed by atoms with van der Waals surface area (Å²) in [6, 6.07) is -1.21. The summed E-state index contributed by atoms with van der Waals surface area (Å²) in [5.41, 5.74) is 0. The van der Waals surface area contributed by atoms with Crippen LogP contribution in [0.4, 0.5) is 0 Å². The second-order valence-corrected chi connectivity index (χ2v) is 4.37. The zero-order valence-electron chi connectivity index (χ0n) is 8.57. The normalized spacial score (nSPS) is 44.1. The van der Waals surface area contributed by atoms with Crippen LogP contribution in [0.5, 0.6) is 0 Å². The topological polar surface area (TPSA) is 119 Å². The molecule has 7 nitrogen and oxygen atoms in total. The molecule has 0 bridgehead atoms. The van der Waals surface area contributed by atoms with Crippen LogP contribution in [0.3, 0.4) is 0 Å². The second-order valence-electron chi connectivity index (χ2n) is 3.65. The van der Waals surface area contributed by atoms with Crippen molar-refractivity contribution in [3.8, 4) is 0 Å². The molecule has 1 fully saturated rings. The zero-order chi connectivity index (χ0) is 12.5. The van der Waals surface area contributed by atoms with E-state index in [1.807, 2.05) is 0 Å². The van der Waals surface area contributed by atoms with Gasteiger partial charge >= 0.3 is 0 Å². The van der Waals surface area contributed by atoms with Crippen molar-refractivity contribution in [1.29, 1.82) is 0 Å². The molecule has 1 aliphatic heterocycles. The van der Waals surface area contributed by atoms with Gasteiger partial charge in [0.05, 0.1) is 6.61 Å². The molecule has 94 valence electrons. The molecule has 16 heavy (non-hydrogen) atoms. The Bertz CT molecular complexity index is 273. The van der Waals surface area contributed by atoms with Crippen LogP contribution in [-0.2, 0) is 9.53 Å². The molecule has 1 rings (SSSR count). The lowest BCUT2D eigenvalue weighted by molar-refractivity contribution is -0.264. The van der Waals surface area contributed by atoms with Gasteiger partial charge in [-0.05, 0) is 0 Å². The maximum atomic E-state index is 10.8. The van der Waals surface area contributed by atoms with Gasteiger partial charge < -0.3 is 30.5 Å². The maximum absolute atomic E-state index is 10.8. The number of thiol groups is 1. The van der Waals surface area contributed by atoms with Gasteiger partial charge in [-0.3, -0.25) is 4.79 Å². The van der Waals surface area contributed by atoms with Crippen molar-refractivity contribution in [3.05, 3.63) is 0 Å². The Hall–Kier alpha value is -0.380. The van der Waals surface area contributed by atoms with Crippen LogP contribution in [0.1, 0.15) is 6.92 Å². The third-order valence-electron chi connectivity index (χ3n) is 2.40. The highest BCUT2D eigenvalue weighted by molar-refractivity contribution is 7.81. The van der Waals surface area contributed by atoms with E-state index in [0.29, 0.717) is 0 Å². The largest absolute Gasteiger partial charge is 0.394 e. The molecule has 1 amide bonds. The molecule has 1 heterocycles. The molecule has 8 heteroatoms. The number of carbonyl (C=O) groups excluding carboxylic acids is 1. The van der Waals surface area contributed by atoms with E-state index in [4.69, 9.17) is 9.84 Å². The van der Waals surface area contributed by atoms with Crippen molar-refractivity contribution in [3.63, 3.8) is 0 Å². The number of aliphatic hydroxyl groups excluding tert-OH is 3. The van der Waals surface area contributed by atoms with Gasteiger partial charge in [0.15, 0.2) is 11.2 Å². The molecule has 0 aliphatic carbocycles. The monoisotopic (exact) mass is 253 g/mol. The third kappa shape index (κ3) is 2.47. The van der Waals surface area contributed by atoms with Crippen LogP contribution in [0.15, 0.2) is 0 Å². The Morgan fingerprint density at radius 1 is 1.56 bits per heavy atom. The summed E-state index contributed by atoms with van der Waals surface area (Å²) in [4.78, 5) is 8.77. The second kappa shape index (κ2) is 4.86. The first-order chi connectivity index (χ1) is 7.30. The van der Waals surface area contributed by atoms with Gasteiger partial charge in [-0.2, -0.15) is 0 Å². The minimum absolute atomic E-state index is 0.502. The van der Waals surface area contributed by atoms with Gasteiger partial charge in [0.1, 0.15) is 18.2 Å². The van der Waals surface area contributed by atoms with E-state index in [-0.39, 0.29) is 0 Å². The Labute approximate surface area is 97.4 Å². The number of hydrogen-bond donors (Lipinski definition) is 6. The Morgan fingerprint density at radius 3 is 2.56 bits per heavy atom. The highest BCUT2D eigenvalue weighted by Gasteiger charge is 2.52. The number of amides is 1. The lowest BCUT2D eigenvalue weighted by atomic mass is 9.96. The minimum atomic E-state index is -2.05. The van der Waals surface area contributed by atoms with Crippen molar-refractivity contribution in [2.24, 2.45) is 0 Å². The van der Waals surface area contributed by atoms with Gasteiger partial charge in [0.2, 0.25) is 5.91 Å². The molecule has 0 spiro atoms. The van der Waals surface area contributed by atoms with Crippen LogP contribution in [0.25, 0.3) is 0 Å². The lowest BCUT2D eigenvalue weighted by Gasteiger charge is -2.45. The molecular formula is C8H15NO6S. The zero-order valence-corrected chi connectivity index (χ0v) is 9.46. The fraction of sp³-hybridized carbons (Fsp3) is 0.875. The average Bonchev–Trinajstić information content (AvgIpc) is 2.18. The van der Waals surface area contributed by atoms with Crippen LogP contribution in [-0.4, -0.2) is 62.4 Å². The first kappa shape index (κ1) is 13.7. The van der Waals surface area contributed by atoms with Crippen molar-refractivity contribution in [1.82, 2.24) is 5.32 Å². The molecule has 1 saturated heterocycles. The van der Waals surface area contributed by atoms with E-state index < -0.39 is 42.0 Å². The summed E-state index contributed by atoms with van der Waals surface area (Å²) < 4.78 is 4.84. The third-order valence-corrected chi connectivity index (χ3v) is 2.95. The molecule has 5 N–H and O–H groups in total. The average molecular weight is 253 g/mol. The van der Waals surface area contributed by atoms with E-state index in [0.717, 1.165) is 0 Å². The smallest absolute Gasteiger partial charge is 0.217 e. The van der Waals surface area contributed by atoms with Crippen LogP contribution in [0.2, 0.25) is 0 Å². The Balaban J connectivity index is 2.86. The number of rotatable bonds is 2. The van der Waals surface area contributed by atoms with Crippen molar-refractivity contribution in [2.75, 3.05) is 6.61 Å². The van der Waals surface area contributed by atoms with Crippen LogP contribution in [0, 0.1) is 0 Å². The molecule has 1 aliphatic rings. The highest BCUT2D eigenvalue weighted by Crippen LogP contribution is 2.31. The fourth-order valence-electron chi connectivity index (χ4n) is 1.53. The van der Waals surface area contributed by atoms with Crippen molar-refractivity contribution < 1.29 is 30.0 Å². The molecule has 1 unspecified atom stereocenters. The summed E-state index contributed by atoms with van der Waals surface area (Å²) in [6.07, 6.45) is -4.34. The number of carbonyl (C=O) groups is 1. The number of nitrogens with one attached hydrogen (secondary N) is 1. The standard InChI is InChI=1S/C8H15NO6S/c1-3(11)9-5-6(12)8(14,16)4(2-10)15-7(5)13/h4-7,10,12-14,16H,2H2,1H3,(H,9,11)/t4-,5-,6-,7?,8-/m1/s1. The van der Waals surface area contributed by atoms with Gasteiger partial charge in [-0.15, -0.1) is 12.6 Å². The molecule has 0 aromatic carbocycles. The summed E-state index contributed by atoms with van der Waals surface area (Å²) >= 11 is 3.77. The van der Waals surface area contributed by atoms with Gasteiger partial charge in [-0.1, -0.05) is 0 Å². The maximum Gasteiger partial charge on any atom is 0.217 e. The molecule has 5 atom stereocenters. The van der Waals surface area contributed by atoms with Crippen molar-refractivity contribution in [2.45, 2.75) is 36.4 Å². The van der Waals surface area contributed by atoms with Crippen LogP contribution >= 0.6 is 12.6 Å². The first-order valence-electron chi connectivity index (χ1n) is 4.65. The summed E-state index contributed by atoms with van der Waals surface area (Å²) in [5, 5.41) is 40.1. The van der Waals surface area contributed by atoms with Crippen LogP contribution < -0.4 is 5.32 Å². The van der Waals surface area contributed by atoms with Gasteiger partial charge in [0, 0.05) is 6.92 Å². The number of hydrogen-bond acceptors (Lipinski definition) is 7. The number of aliphatic hydroxyl groups is 4. The number of ether oxygens (including phenoxy) is 1. The predicted molar refractivity (Wildman–Crippen MR) is 55.5 cm³/mol. The predicted octanol–water partition coefficient (Wildman–Crippen LogP) is -2.82. The molecule has 0 aromatic heterocycles. The summed E-state index contributed by atoms with van der Waals surface area (Å²) in [6.45, 7) is 0.566.